The van der Waals surface area contributed by atoms with Crippen molar-refractivity contribution in [2.45, 2.75) is 19.8 Å². The van der Waals surface area contributed by atoms with E-state index < -0.39 is 0 Å². The molecule has 2 rings (SSSR count). The van der Waals surface area contributed by atoms with Gasteiger partial charge < -0.3 is 9.84 Å². The van der Waals surface area contributed by atoms with Gasteiger partial charge in [0.15, 0.2) is 5.82 Å². The van der Waals surface area contributed by atoms with Crippen molar-refractivity contribution in [1.29, 1.82) is 0 Å². The van der Waals surface area contributed by atoms with Crippen LogP contribution < -0.4 is 5.32 Å². The second-order valence-electron chi connectivity index (χ2n) is 3.27. The van der Waals surface area contributed by atoms with Gasteiger partial charge >= 0.3 is 0 Å². The number of hydrogen-bond acceptors (Lipinski definition) is 5. The van der Waals surface area contributed by atoms with E-state index in [-0.39, 0.29) is 5.91 Å². The first-order valence-corrected chi connectivity index (χ1v) is 4.82. The number of anilines is 1. The number of nitrogens with zero attached hydrogens (tertiary/aromatic N) is 3. The molecule has 0 aromatic carbocycles. The van der Waals surface area contributed by atoms with E-state index in [1.54, 1.807) is 13.1 Å². The van der Waals surface area contributed by atoms with Gasteiger partial charge in [0.05, 0.1) is 11.9 Å². The Bertz CT molecular complexity index is 462. The average molecular weight is 221 g/mol. The minimum Gasteiger partial charge on any atom is -0.339 e. The summed E-state index contributed by atoms with van der Waals surface area (Å²) in [5, 5.41) is 12.6. The Labute approximate surface area is 91.2 Å². The molecule has 0 bridgehead atoms. The lowest BCUT2D eigenvalue weighted by Crippen LogP contribution is -2.11. The van der Waals surface area contributed by atoms with Gasteiger partial charge in [-0.05, 0) is 6.92 Å². The lowest BCUT2D eigenvalue weighted by molar-refractivity contribution is -0.116. The number of aromatic amines is 1. The fourth-order valence-corrected chi connectivity index (χ4v) is 1.20. The first kappa shape index (κ1) is 10.3. The molecule has 0 saturated carbocycles. The maximum Gasteiger partial charge on any atom is 0.227 e. The van der Waals surface area contributed by atoms with Crippen LogP contribution in [0.4, 0.5) is 5.69 Å². The summed E-state index contributed by atoms with van der Waals surface area (Å²) in [5.74, 6) is 0.933. The summed E-state index contributed by atoms with van der Waals surface area (Å²) in [6.07, 6.45) is 3.88. The minimum atomic E-state index is -0.114. The molecule has 7 heteroatoms. The Kier molecular flexibility index (Phi) is 2.95. The van der Waals surface area contributed by atoms with Crippen molar-refractivity contribution in [3.05, 3.63) is 24.1 Å². The van der Waals surface area contributed by atoms with Crippen LogP contribution in [0.25, 0.3) is 0 Å². The molecule has 2 aromatic heterocycles. The summed E-state index contributed by atoms with van der Waals surface area (Å²) < 4.78 is 4.89. The van der Waals surface area contributed by atoms with E-state index in [2.05, 4.69) is 25.7 Å². The monoisotopic (exact) mass is 221 g/mol. The van der Waals surface area contributed by atoms with Crippen LogP contribution in [0.5, 0.6) is 0 Å². The molecule has 0 aliphatic rings. The van der Waals surface area contributed by atoms with E-state index in [4.69, 9.17) is 4.52 Å². The van der Waals surface area contributed by atoms with Gasteiger partial charge in [-0.3, -0.25) is 9.89 Å². The highest BCUT2D eigenvalue weighted by molar-refractivity contribution is 5.90. The Morgan fingerprint density at radius 1 is 1.62 bits per heavy atom. The highest BCUT2D eigenvalue weighted by Crippen LogP contribution is 2.04. The van der Waals surface area contributed by atoms with Crippen LogP contribution >= 0.6 is 0 Å². The molecule has 84 valence electrons. The van der Waals surface area contributed by atoms with Gasteiger partial charge in [0.1, 0.15) is 0 Å². The van der Waals surface area contributed by atoms with Crippen molar-refractivity contribution < 1.29 is 9.32 Å². The Morgan fingerprint density at radius 3 is 3.12 bits per heavy atom. The zero-order valence-electron chi connectivity index (χ0n) is 8.73. The number of hydrogen-bond donors (Lipinski definition) is 2. The maximum atomic E-state index is 11.4. The fraction of sp³-hybridized carbons (Fsp3) is 0.333. The quantitative estimate of drug-likeness (QED) is 0.791. The first-order chi connectivity index (χ1) is 7.74. The van der Waals surface area contributed by atoms with Crippen molar-refractivity contribution in [2.75, 3.05) is 5.32 Å². The van der Waals surface area contributed by atoms with Crippen LogP contribution in [-0.4, -0.2) is 26.2 Å². The molecule has 1 amide bonds. The molecule has 0 unspecified atom stereocenters. The lowest BCUT2D eigenvalue weighted by atomic mass is 10.3. The molecule has 0 aliphatic carbocycles. The molecular weight excluding hydrogens is 210 g/mol. The standard InChI is InChI=1S/C9H11N5O2/c1-6-12-9(16-14-6)3-2-8(15)13-7-4-10-11-5-7/h4-5H,2-3H2,1H3,(H,10,11)(H,13,15). The minimum absolute atomic E-state index is 0.114. The highest BCUT2D eigenvalue weighted by atomic mass is 16.5. The second-order valence-corrected chi connectivity index (χ2v) is 3.27. The fourth-order valence-electron chi connectivity index (χ4n) is 1.20. The number of rotatable bonds is 4. The molecule has 0 aliphatic heterocycles. The summed E-state index contributed by atoms with van der Waals surface area (Å²) in [6, 6.07) is 0. The topological polar surface area (TPSA) is 96.7 Å². The van der Waals surface area contributed by atoms with Crippen LogP contribution in [-0.2, 0) is 11.2 Å². The van der Waals surface area contributed by atoms with Crippen LogP contribution in [0.15, 0.2) is 16.9 Å². The SMILES string of the molecule is Cc1noc(CCC(=O)Nc2cn[nH]c2)n1. The summed E-state index contributed by atoms with van der Waals surface area (Å²) >= 11 is 0. The summed E-state index contributed by atoms with van der Waals surface area (Å²) in [6.45, 7) is 1.73. The van der Waals surface area contributed by atoms with Gasteiger partial charge in [-0.15, -0.1) is 0 Å². The smallest absolute Gasteiger partial charge is 0.227 e. The predicted octanol–water partition coefficient (Wildman–Crippen LogP) is 0.672. The molecule has 0 atom stereocenters. The van der Waals surface area contributed by atoms with Crippen molar-refractivity contribution in [3.63, 3.8) is 0 Å². The van der Waals surface area contributed by atoms with E-state index in [9.17, 15) is 4.79 Å². The summed E-state index contributed by atoms with van der Waals surface area (Å²) in [7, 11) is 0. The molecule has 2 aromatic rings. The van der Waals surface area contributed by atoms with E-state index >= 15 is 0 Å². The van der Waals surface area contributed by atoms with Crippen LogP contribution in [0.3, 0.4) is 0 Å². The van der Waals surface area contributed by atoms with Crippen LogP contribution in [0.2, 0.25) is 0 Å². The van der Waals surface area contributed by atoms with Crippen molar-refractivity contribution in [1.82, 2.24) is 20.3 Å². The third-order valence-corrected chi connectivity index (χ3v) is 1.92. The number of aromatic nitrogens is 4. The van der Waals surface area contributed by atoms with E-state index in [1.165, 1.54) is 6.20 Å². The second kappa shape index (κ2) is 4.56. The zero-order chi connectivity index (χ0) is 11.4. The van der Waals surface area contributed by atoms with Crippen molar-refractivity contribution in [2.24, 2.45) is 0 Å². The maximum absolute atomic E-state index is 11.4. The Balaban J connectivity index is 1.80. The molecule has 16 heavy (non-hydrogen) atoms. The normalized spacial score (nSPS) is 10.3. The molecule has 0 spiro atoms. The summed E-state index contributed by atoms with van der Waals surface area (Å²) in [5.41, 5.74) is 0.645. The molecule has 0 radical (unpaired) electrons. The van der Waals surface area contributed by atoms with Crippen molar-refractivity contribution >= 4 is 11.6 Å². The molecule has 2 N–H and O–H groups in total. The summed E-state index contributed by atoms with van der Waals surface area (Å²) in [4.78, 5) is 15.5. The van der Waals surface area contributed by atoms with Gasteiger partial charge in [0.2, 0.25) is 11.8 Å². The molecular formula is C9H11N5O2. The Hall–Kier alpha value is -2.18. The largest absolute Gasteiger partial charge is 0.339 e. The third-order valence-electron chi connectivity index (χ3n) is 1.92. The zero-order valence-corrected chi connectivity index (χ0v) is 8.73. The Morgan fingerprint density at radius 2 is 2.50 bits per heavy atom. The predicted molar refractivity (Wildman–Crippen MR) is 54.6 cm³/mol. The van der Waals surface area contributed by atoms with E-state index in [1.807, 2.05) is 0 Å². The van der Waals surface area contributed by atoms with Gasteiger partial charge in [0, 0.05) is 19.0 Å². The molecule has 7 nitrogen and oxygen atoms in total. The van der Waals surface area contributed by atoms with Crippen LogP contribution in [0, 0.1) is 6.92 Å². The van der Waals surface area contributed by atoms with Crippen LogP contribution in [0.1, 0.15) is 18.1 Å². The first-order valence-electron chi connectivity index (χ1n) is 4.82. The van der Waals surface area contributed by atoms with Crippen molar-refractivity contribution in [3.8, 4) is 0 Å². The third kappa shape index (κ3) is 2.66. The van der Waals surface area contributed by atoms with E-state index in [0.29, 0.717) is 30.2 Å². The average Bonchev–Trinajstić information content (AvgIpc) is 2.87. The number of H-pyrrole nitrogens is 1. The molecule has 0 saturated heterocycles. The van der Waals surface area contributed by atoms with Gasteiger partial charge in [-0.25, -0.2) is 0 Å². The molecule has 0 fully saturated rings. The number of amides is 1. The van der Waals surface area contributed by atoms with Gasteiger partial charge in [-0.1, -0.05) is 5.16 Å². The highest BCUT2D eigenvalue weighted by Gasteiger charge is 2.07. The number of aryl methyl sites for hydroxylation is 2. The van der Waals surface area contributed by atoms with Gasteiger partial charge in [-0.2, -0.15) is 10.1 Å². The van der Waals surface area contributed by atoms with E-state index in [0.717, 1.165) is 0 Å². The number of nitrogens with one attached hydrogen (secondary N) is 2. The number of carbonyl (C=O) groups is 1. The lowest BCUT2D eigenvalue weighted by Gasteiger charge is -1.99. The molecule has 2 heterocycles. The van der Waals surface area contributed by atoms with Gasteiger partial charge in [0.25, 0.3) is 0 Å². The number of carbonyl (C=O) groups excluding carboxylic acids is 1.